The van der Waals surface area contributed by atoms with Crippen molar-refractivity contribution in [3.05, 3.63) is 206 Å². The zero-order chi connectivity index (χ0) is 38.2. The van der Waals surface area contributed by atoms with Crippen LogP contribution in [-0.2, 0) is 0 Å². The Morgan fingerprint density at radius 3 is 1.21 bits per heavy atom. The van der Waals surface area contributed by atoms with Crippen molar-refractivity contribution in [3.63, 3.8) is 0 Å². The first kappa shape index (κ1) is 33.2. The summed E-state index contributed by atoms with van der Waals surface area (Å²) in [4.78, 5) is 4.78. The van der Waals surface area contributed by atoms with Crippen molar-refractivity contribution in [2.24, 2.45) is 0 Å². The minimum atomic E-state index is 1.13. The van der Waals surface area contributed by atoms with Gasteiger partial charge in [-0.1, -0.05) is 121 Å². The van der Waals surface area contributed by atoms with Gasteiger partial charge in [0, 0.05) is 74.5 Å². The zero-order valence-electron chi connectivity index (χ0n) is 31.3. The Labute approximate surface area is 343 Å². The molecule has 12 aromatic rings. The minimum absolute atomic E-state index is 1.13. The Balaban J connectivity index is 0.985. The first-order chi connectivity index (χ1) is 28.7. The summed E-state index contributed by atoms with van der Waals surface area (Å²) < 4.78 is 5.23. The molecule has 272 valence electrons. The van der Waals surface area contributed by atoms with E-state index in [0.29, 0.717) is 0 Å². The second-order valence-electron chi connectivity index (χ2n) is 14.9. The molecule has 2 nitrogen and oxygen atoms in total. The summed E-state index contributed by atoms with van der Waals surface area (Å²) in [6.45, 7) is 0. The zero-order valence-corrected chi connectivity index (χ0v) is 33.0. The maximum atomic E-state index is 2.39. The summed E-state index contributed by atoms with van der Waals surface area (Å²) in [5.41, 5.74) is 6.84. The van der Waals surface area contributed by atoms with E-state index in [1.807, 2.05) is 22.7 Å². The molecule has 58 heavy (non-hydrogen) atoms. The molecule has 0 aliphatic heterocycles. The lowest BCUT2D eigenvalue weighted by Crippen LogP contribution is -2.09. The Kier molecular flexibility index (Phi) is 7.62. The van der Waals surface area contributed by atoms with E-state index in [0.717, 1.165) is 34.1 Å². The fraction of sp³-hybridized carbons (Fsp3) is 0. The van der Waals surface area contributed by atoms with Crippen LogP contribution < -0.4 is 9.80 Å². The Bertz CT molecular complexity index is 3530. The molecule has 0 saturated carbocycles. The van der Waals surface area contributed by atoms with Crippen molar-refractivity contribution in [2.75, 3.05) is 9.80 Å². The summed E-state index contributed by atoms with van der Waals surface area (Å²) in [6, 6.07) is 75.7. The monoisotopic (exact) mass is 774 g/mol. The van der Waals surface area contributed by atoms with Crippen LogP contribution in [0.5, 0.6) is 0 Å². The maximum Gasteiger partial charge on any atom is 0.0476 e. The molecule has 0 saturated heterocycles. The molecule has 0 unspecified atom stereocenters. The third-order valence-corrected chi connectivity index (χ3v) is 13.9. The number of benzene rings is 10. The average Bonchev–Trinajstić information content (AvgIpc) is 3.85. The van der Waals surface area contributed by atoms with Crippen molar-refractivity contribution < 1.29 is 0 Å². The highest BCUT2D eigenvalue weighted by molar-refractivity contribution is 7.26. The highest BCUT2D eigenvalue weighted by atomic mass is 32.1. The van der Waals surface area contributed by atoms with E-state index < -0.39 is 0 Å². The van der Waals surface area contributed by atoms with Crippen LogP contribution in [-0.4, -0.2) is 0 Å². The molecule has 12 rings (SSSR count). The van der Waals surface area contributed by atoms with Gasteiger partial charge in [0.25, 0.3) is 0 Å². The van der Waals surface area contributed by atoms with Gasteiger partial charge in [-0.3, -0.25) is 0 Å². The van der Waals surface area contributed by atoms with Crippen molar-refractivity contribution in [1.29, 1.82) is 0 Å². The quantitative estimate of drug-likeness (QED) is 0.155. The van der Waals surface area contributed by atoms with Crippen LogP contribution in [0.1, 0.15) is 0 Å². The van der Waals surface area contributed by atoms with Crippen LogP contribution in [0.2, 0.25) is 0 Å². The van der Waals surface area contributed by atoms with E-state index in [1.165, 1.54) is 72.7 Å². The van der Waals surface area contributed by atoms with Crippen molar-refractivity contribution in [1.82, 2.24) is 0 Å². The van der Waals surface area contributed by atoms with Gasteiger partial charge in [0.2, 0.25) is 0 Å². The summed E-state index contributed by atoms with van der Waals surface area (Å²) in [5, 5.41) is 12.7. The molecule has 10 aromatic carbocycles. The van der Waals surface area contributed by atoms with Crippen LogP contribution in [0.15, 0.2) is 206 Å². The van der Waals surface area contributed by atoms with Crippen LogP contribution in [0.3, 0.4) is 0 Å². The Morgan fingerprint density at radius 1 is 0.224 bits per heavy atom. The van der Waals surface area contributed by atoms with Gasteiger partial charge in [0.05, 0.1) is 0 Å². The summed E-state index contributed by atoms with van der Waals surface area (Å²) in [7, 11) is 0. The predicted molar refractivity (Wildman–Crippen MR) is 254 cm³/mol. The van der Waals surface area contributed by atoms with Crippen molar-refractivity contribution in [2.45, 2.75) is 0 Å². The molecule has 4 heteroatoms. The number of rotatable bonds is 6. The van der Waals surface area contributed by atoms with E-state index >= 15 is 0 Å². The number of para-hydroxylation sites is 2. The number of hydrogen-bond acceptors (Lipinski definition) is 4. The molecule has 0 spiro atoms. The second-order valence-corrected chi connectivity index (χ2v) is 17.1. The van der Waals surface area contributed by atoms with Gasteiger partial charge in [-0.05, 0) is 117 Å². The number of hydrogen-bond donors (Lipinski definition) is 0. The fourth-order valence-electron chi connectivity index (χ4n) is 8.89. The van der Waals surface area contributed by atoms with Gasteiger partial charge >= 0.3 is 0 Å². The van der Waals surface area contributed by atoms with Crippen LogP contribution in [0.4, 0.5) is 34.1 Å². The van der Waals surface area contributed by atoms with Gasteiger partial charge in [-0.25, -0.2) is 0 Å². The molecule has 0 radical (unpaired) electrons. The lowest BCUT2D eigenvalue weighted by molar-refractivity contribution is 1.30. The number of fused-ring (bicyclic) bond motifs is 11. The molecule has 0 N–H and O–H groups in total. The van der Waals surface area contributed by atoms with Gasteiger partial charge in [0.15, 0.2) is 0 Å². The molecule has 0 aliphatic rings. The lowest BCUT2D eigenvalue weighted by atomic mass is 9.96. The first-order valence-corrected chi connectivity index (χ1v) is 21.3. The first-order valence-electron chi connectivity index (χ1n) is 19.7. The predicted octanol–water partition coefficient (Wildman–Crippen LogP) is 16.8. The van der Waals surface area contributed by atoms with E-state index in [1.54, 1.807) is 0 Å². The minimum Gasteiger partial charge on any atom is -0.310 e. The molecule has 2 aromatic heterocycles. The molecule has 0 aliphatic carbocycles. The highest BCUT2D eigenvalue weighted by Crippen LogP contribution is 2.44. The maximum absolute atomic E-state index is 2.39. The SMILES string of the molecule is c1ccc(N(c2ccc3c(ccc4c5cc(N(c6ccccc6)c6ccc7c(c6)sc6ccccc67)ccc5ccc34)c2)c2ccc3c(c2)sc2ccccc23)cc1. The molecule has 0 atom stereocenters. The number of nitrogens with zero attached hydrogens (tertiary/aromatic N) is 2. The Hall–Kier alpha value is -6.98. The molecular formula is C54H34N2S2. The third kappa shape index (κ3) is 5.37. The van der Waals surface area contributed by atoms with E-state index in [-0.39, 0.29) is 0 Å². The number of thiophene rings is 2. The van der Waals surface area contributed by atoms with Crippen LogP contribution in [0.25, 0.3) is 72.7 Å². The number of anilines is 6. The molecule has 0 amide bonds. The summed E-state index contributed by atoms with van der Waals surface area (Å²) >= 11 is 3.72. The third-order valence-electron chi connectivity index (χ3n) is 11.6. The van der Waals surface area contributed by atoms with E-state index in [9.17, 15) is 0 Å². The smallest absolute Gasteiger partial charge is 0.0476 e. The lowest BCUT2D eigenvalue weighted by Gasteiger charge is -2.26. The fourth-order valence-corrected chi connectivity index (χ4v) is 11.2. The van der Waals surface area contributed by atoms with Crippen molar-refractivity contribution >= 4 is 129 Å². The van der Waals surface area contributed by atoms with E-state index in [4.69, 9.17) is 0 Å². The standard InChI is InChI=1S/C54H34N2S2/c1-3-11-37(12-4-1)55(41-24-29-48-46-15-7-9-17-51(46)57-53(48)33-41)39-23-28-43-36(31-39)21-27-45-44(43)26-20-35-19-22-40(32-50(35)45)56(38-13-5-2-6-14-38)42-25-30-49-47-16-8-10-18-52(47)58-54(49)34-42/h1-34H. The molecule has 0 bridgehead atoms. The Morgan fingerprint density at radius 2 is 0.621 bits per heavy atom. The second kappa shape index (κ2) is 13.3. The van der Waals surface area contributed by atoms with Crippen LogP contribution >= 0.6 is 22.7 Å². The molecular weight excluding hydrogens is 741 g/mol. The largest absolute Gasteiger partial charge is 0.310 e. The highest BCUT2D eigenvalue weighted by Gasteiger charge is 2.18. The summed E-state index contributed by atoms with van der Waals surface area (Å²) in [5.74, 6) is 0. The van der Waals surface area contributed by atoms with Crippen LogP contribution in [0, 0.1) is 0 Å². The average molecular weight is 775 g/mol. The van der Waals surface area contributed by atoms with Gasteiger partial charge in [0.1, 0.15) is 0 Å². The van der Waals surface area contributed by atoms with E-state index in [2.05, 4.69) is 216 Å². The summed E-state index contributed by atoms with van der Waals surface area (Å²) in [6.07, 6.45) is 0. The van der Waals surface area contributed by atoms with Gasteiger partial charge in [-0.2, -0.15) is 0 Å². The van der Waals surface area contributed by atoms with Crippen molar-refractivity contribution in [3.8, 4) is 0 Å². The molecule has 2 heterocycles. The topological polar surface area (TPSA) is 6.48 Å². The van der Waals surface area contributed by atoms with Gasteiger partial charge in [-0.15, -0.1) is 22.7 Å². The normalized spacial score (nSPS) is 11.8. The van der Waals surface area contributed by atoms with Gasteiger partial charge < -0.3 is 9.80 Å². The molecule has 0 fully saturated rings.